The van der Waals surface area contributed by atoms with Gasteiger partial charge in [-0.15, -0.1) is 0 Å². The smallest absolute Gasteiger partial charge is 0.320 e. The number of hydrogen-bond acceptors (Lipinski definition) is 4. The molecule has 0 radical (unpaired) electrons. The number of carbonyl (C=O) groups excluding carboxylic acids is 1. The summed E-state index contributed by atoms with van der Waals surface area (Å²) in [4.78, 5) is 14.2. The van der Waals surface area contributed by atoms with Crippen LogP contribution in [-0.2, 0) is 10.0 Å². The van der Waals surface area contributed by atoms with Gasteiger partial charge in [-0.1, -0.05) is 35.4 Å². The molecule has 1 aliphatic rings. The number of carbonyl (C=O) groups is 1. The van der Waals surface area contributed by atoms with Gasteiger partial charge in [-0.25, -0.2) is 13.2 Å². The maximum Gasteiger partial charge on any atom is 0.320 e. The van der Waals surface area contributed by atoms with Crippen molar-refractivity contribution < 1.29 is 17.9 Å². The lowest BCUT2D eigenvalue weighted by atomic mass is 10.1. The highest BCUT2D eigenvalue weighted by Crippen LogP contribution is 2.19. The molecule has 1 fully saturated rings. The first-order valence-corrected chi connectivity index (χ1v) is 11.0. The molecule has 1 N–H and O–H groups in total. The van der Waals surface area contributed by atoms with Gasteiger partial charge in [-0.2, -0.15) is 4.31 Å². The fourth-order valence-corrected chi connectivity index (χ4v) is 4.66. The third-order valence-corrected chi connectivity index (χ3v) is 6.88. The van der Waals surface area contributed by atoms with Crippen LogP contribution in [0.3, 0.4) is 0 Å². The fourth-order valence-electron chi connectivity index (χ4n) is 3.24. The second kappa shape index (κ2) is 8.84. The molecular weight excluding hydrogens is 390 g/mol. The Hall–Kier alpha value is -2.58. The molecule has 156 valence electrons. The molecule has 3 rings (SSSR count). The van der Waals surface area contributed by atoms with Crippen molar-refractivity contribution in [2.24, 2.45) is 0 Å². The molecular formula is C21H27N3O4S. The summed E-state index contributed by atoms with van der Waals surface area (Å²) in [6, 6.07) is 12.4. The maximum absolute atomic E-state index is 12.7. The van der Waals surface area contributed by atoms with E-state index in [1.165, 1.54) is 4.31 Å². The van der Waals surface area contributed by atoms with Gasteiger partial charge in [0.05, 0.1) is 4.90 Å². The van der Waals surface area contributed by atoms with E-state index in [1.807, 2.05) is 39.0 Å². The minimum atomic E-state index is -3.54. The topological polar surface area (TPSA) is 79.0 Å². The normalized spacial score (nSPS) is 15.2. The summed E-state index contributed by atoms with van der Waals surface area (Å²) in [7, 11) is -3.54. The molecule has 8 heteroatoms. The Morgan fingerprint density at radius 1 is 0.966 bits per heavy atom. The molecule has 0 saturated carbocycles. The highest BCUT2D eigenvalue weighted by atomic mass is 32.2. The number of amides is 2. The molecule has 1 saturated heterocycles. The van der Waals surface area contributed by atoms with Gasteiger partial charge in [0.2, 0.25) is 10.0 Å². The van der Waals surface area contributed by atoms with Crippen molar-refractivity contribution in [2.75, 3.05) is 32.9 Å². The van der Waals surface area contributed by atoms with Crippen LogP contribution in [0.5, 0.6) is 5.75 Å². The third-order valence-electron chi connectivity index (χ3n) is 4.97. The first-order chi connectivity index (χ1) is 13.8. The van der Waals surface area contributed by atoms with Crippen LogP contribution in [0, 0.1) is 20.8 Å². The fraction of sp³-hybridized carbons (Fsp3) is 0.381. The number of benzene rings is 2. The van der Waals surface area contributed by atoms with E-state index in [2.05, 4.69) is 5.32 Å². The van der Waals surface area contributed by atoms with Gasteiger partial charge in [-0.3, -0.25) is 0 Å². The Kier molecular flexibility index (Phi) is 6.44. The SMILES string of the molecule is Cc1ccc(S(=O)(=O)N2CCN(C(=O)NCOc3ccc(C)cc3C)CC2)cc1. The number of aryl methyl sites for hydroxylation is 3. The van der Waals surface area contributed by atoms with E-state index < -0.39 is 10.0 Å². The van der Waals surface area contributed by atoms with Crippen LogP contribution >= 0.6 is 0 Å². The van der Waals surface area contributed by atoms with Crippen molar-refractivity contribution >= 4 is 16.1 Å². The van der Waals surface area contributed by atoms with Gasteiger partial charge < -0.3 is 15.0 Å². The predicted molar refractivity (Wildman–Crippen MR) is 111 cm³/mol. The lowest BCUT2D eigenvalue weighted by Gasteiger charge is -2.34. The summed E-state index contributed by atoms with van der Waals surface area (Å²) in [5.41, 5.74) is 3.17. The molecule has 0 spiro atoms. The lowest BCUT2D eigenvalue weighted by molar-refractivity contribution is 0.162. The quantitative estimate of drug-likeness (QED) is 0.759. The van der Waals surface area contributed by atoms with Crippen LogP contribution in [-0.4, -0.2) is 56.6 Å². The van der Waals surface area contributed by atoms with E-state index >= 15 is 0 Å². The first-order valence-electron chi connectivity index (χ1n) is 9.57. The molecule has 7 nitrogen and oxygen atoms in total. The van der Waals surface area contributed by atoms with Gasteiger partial charge in [0, 0.05) is 26.2 Å². The maximum atomic E-state index is 12.7. The third kappa shape index (κ3) is 5.07. The van der Waals surface area contributed by atoms with E-state index in [0.717, 1.165) is 22.4 Å². The molecule has 29 heavy (non-hydrogen) atoms. The Labute approximate surface area is 172 Å². The van der Waals surface area contributed by atoms with Crippen molar-refractivity contribution in [3.63, 3.8) is 0 Å². The van der Waals surface area contributed by atoms with Gasteiger partial charge in [0.15, 0.2) is 6.73 Å². The number of hydrogen-bond donors (Lipinski definition) is 1. The Morgan fingerprint density at radius 2 is 1.59 bits per heavy atom. The average molecular weight is 418 g/mol. The monoisotopic (exact) mass is 417 g/mol. The van der Waals surface area contributed by atoms with Crippen LogP contribution in [0.25, 0.3) is 0 Å². The van der Waals surface area contributed by atoms with Gasteiger partial charge in [-0.05, 0) is 44.5 Å². The highest BCUT2D eigenvalue weighted by Gasteiger charge is 2.30. The Morgan fingerprint density at radius 3 is 2.21 bits per heavy atom. The summed E-state index contributed by atoms with van der Waals surface area (Å²) < 4.78 is 32.5. The zero-order valence-corrected chi connectivity index (χ0v) is 17.8. The molecule has 0 aliphatic carbocycles. The van der Waals surface area contributed by atoms with Gasteiger partial charge in [0.1, 0.15) is 5.75 Å². The molecule has 0 bridgehead atoms. The predicted octanol–water partition coefficient (Wildman–Crippen LogP) is 2.66. The van der Waals surface area contributed by atoms with Crippen molar-refractivity contribution in [2.45, 2.75) is 25.7 Å². The zero-order valence-electron chi connectivity index (χ0n) is 17.0. The van der Waals surface area contributed by atoms with Gasteiger partial charge in [0.25, 0.3) is 0 Å². The molecule has 2 amide bonds. The summed E-state index contributed by atoms with van der Waals surface area (Å²) >= 11 is 0. The highest BCUT2D eigenvalue weighted by molar-refractivity contribution is 7.89. The number of nitrogens with one attached hydrogen (secondary N) is 1. The number of urea groups is 1. The Bertz CT molecular complexity index is 966. The number of sulfonamides is 1. The van der Waals surface area contributed by atoms with Crippen LogP contribution in [0.15, 0.2) is 47.4 Å². The molecule has 0 aromatic heterocycles. The van der Waals surface area contributed by atoms with Crippen molar-refractivity contribution in [1.82, 2.24) is 14.5 Å². The second-order valence-electron chi connectivity index (χ2n) is 7.24. The van der Waals surface area contributed by atoms with E-state index in [9.17, 15) is 13.2 Å². The summed E-state index contributed by atoms with van der Waals surface area (Å²) in [6.07, 6.45) is 0. The summed E-state index contributed by atoms with van der Waals surface area (Å²) in [6.45, 7) is 7.14. The second-order valence-corrected chi connectivity index (χ2v) is 9.18. The first kappa shape index (κ1) is 21.1. The van der Waals surface area contributed by atoms with Crippen molar-refractivity contribution in [3.8, 4) is 5.75 Å². The Balaban J connectivity index is 1.49. The van der Waals surface area contributed by atoms with Crippen molar-refractivity contribution in [3.05, 3.63) is 59.2 Å². The molecule has 2 aromatic rings. The van der Waals surface area contributed by atoms with Crippen LogP contribution in [0.1, 0.15) is 16.7 Å². The number of ether oxygens (including phenoxy) is 1. The number of nitrogens with zero attached hydrogens (tertiary/aromatic N) is 2. The van der Waals surface area contributed by atoms with Crippen LogP contribution < -0.4 is 10.1 Å². The molecule has 0 unspecified atom stereocenters. The van der Waals surface area contributed by atoms with Crippen molar-refractivity contribution in [1.29, 1.82) is 0 Å². The van der Waals surface area contributed by atoms with E-state index in [-0.39, 0.29) is 30.7 Å². The average Bonchev–Trinajstić information content (AvgIpc) is 2.70. The van der Waals surface area contributed by atoms with Crippen LogP contribution in [0.4, 0.5) is 4.79 Å². The number of rotatable bonds is 5. The summed E-state index contributed by atoms with van der Waals surface area (Å²) in [5.74, 6) is 0.727. The minimum absolute atomic E-state index is 0.0601. The van der Waals surface area contributed by atoms with E-state index in [4.69, 9.17) is 4.74 Å². The largest absolute Gasteiger partial charge is 0.473 e. The van der Waals surface area contributed by atoms with E-state index in [0.29, 0.717) is 13.1 Å². The zero-order chi connectivity index (χ0) is 21.0. The standard InChI is InChI=1S/C21H27N3O4S/c1-16-4-7-19(8-5-16)29(26,27)24-12-10-23(11-13-24)21(25)22-15-28-20-9-6-17(2)14-18(20)3/h4-9,14H,10-13,15H2,1-3H3,(H,22,25). The molecule has 0 atom stereocenters. The number of piperazine rings is 1. The van der Waals surface area contributed by atoms with Crippen LogP contribution in [0.2, 0.25) is 0 Å². The lowest BCUT2D eigenvalue weighted by Crippen LogP contribution is -2.53. The minimum Gasteiger partial charge on any atom is -0.473 e. The summed E-state index contributed by atoms with van der Waals surface area (Å²) in [5, 5.41) is 2.73. The van der Waals surface area contributed by atoms with E-state index in [1.54, 1.807) is 29.2 Å². The molecule has 1 heterocycles. The molecule has 2 aromatic carbocycles. The molecule has 1 aliphatic heterocycles. The van der Waals surface area contributed by atoms with Gasteiger partial charge >= 0.3 is 6.03 Å².